The van der Waals surface area contributed by atoms with Gasteiger partial charge < -0.3 is 4.90 Å². The molecule has 4 heteroatoms. The number of rotatable bonds is 4. The number of nitrogens with one attached hydrogen (secondary N) is 1. The van der Waals surface area contributed by atoms with Crippen molar-refractivity contribution in [3.05, 3.63) is 35.6 Å². The van der Waals surface area contributed by atoms with E-state index in [2.05, 4.69) is 5.32 Å². The molecule has 1 aromatic carbocycles. The highest BCUT2D eigenvalue weighted by atomic mass is 19.1. The molecule has 2 rings (SSSR count). The molecule has 1 heterocycles. The Hall–Kier alpha value is -1.42. The molecule has 0 bridgehead atoms. The largest absolute Gasteiger partial charge is 0.321 e. The highest BCUT2D eigenvalue weighted by molar-refractivity contribution is 5.88. The lowest BCUT2D eigenvalue weighted by Crippen LogP contribution is -2.43. The van der Waals surface area contributed by atoms with Gasteiger partial charge in [0.1, 0.15) is 12.0 Å². The van der Waals surface area contributed by atoms with Gasteiger partial charge in [0.25, 0.3) is 0 Å². The first-order valence-corrected chi connectivity index (χ1v) is 6.86. The zero-order valence-corrected chi connectivity index (χ0v) is 11.7. The first kappa shape index (κ1) is 14.0. The molecule has 1 amide bonds. The summed E-state index contributed by atoms with van der Waals surface area (Å²) in [5.41, 5.74) is -0.0521. The van der Waals surface area contributed by atoms with Gasteiger partial charge in [0.15, 0.2) is 0 Å². The van der Waals surface area contributed by atoms with Crippen LogP contribution in [0.2, 0.25) is 0 Å². The predicted octanol–water partition coefficient (Wildman–Crippen LogP) is 2.83. The summed E-state index contributed by atoms with van der Waals surface area (Å²) in [4.78, 5) is 14.2. The zero-order valence-electron chi connectivity index (χ0n) is 11.7. The van der Waals surface area contributed by atoms with Crippen LogP contribution in [0.5, 0.6) is 0 Å². The lowest BCUT2D eigenvalue weighted by Gasteiger charge is -2.24. The average molecular weight is 264 g/mol. The molecule has 2 unspecified atom stereocenters. The maximum atomic E-state index is 14.0. The van der Waals surface area contributed by atoms with Crippen molar-refractivity contribution in [1.29, 1.82) is 0 Å². The standard InChI is InChI=1S/C15H21FN2O/c1-4-10-18-13(11-8-6-7-9-12(11)16)17-15(3,5-2)14(18)19/h6-9,13,17H,4-5,10H2,1-3H3. The normalized spacial score (nSPS) is 27.1. The molecule has 0 radical (unpaired) electrons. The lowest BCUT2D eigenvalue weighted by molar-refractivity contribution is -0.133. The topological polar surface area (TPSA) is 32.3 Å². The van der Waals surface area contributed by atoms with Crippen LogP contribution in [0.15, 0.2) is 24.3 Å². The Bertz CT molecular complexity index is 477. The fourth-order valence-corrected chi connectivity index (χ4v) is 2.54. The summed E-state index contributed by atoms with van der Waals surface area (Å²) in [6, 6.07) is 6.65. The van der Waals surface area contributed by atoms with Gasteiger partial charge in [-0.05, 0) is 25.8 Å². The molecule has 3 nitrogen and oxygen atoms in total. The first-order valence-electron chi connectivity index (χ1n) is 6.86. The van der Waals surface area contributed by atoms with E-state index < -0.39 is 5.54 Å². The van der Waals surface area contributed by atoms with Gasteiger partial charge in [-0.15, -0.1) is 0 Å². The van der Waals surface area contributed by atoms with Crippen LogP contribution in [0.4, 0.5) is 4.39 Å². The van der Waals surface area contributed by atoms with Gasteiger partial charge in [-0.3, -0.25) is 10.1 Å². The molecule has 1 aliphatic rings. The van der Waals surface area contributed by atoms with Crippen LogP contribution in [-0.2, 0) is 4.79 Å². The van der Waals surface area contributed by atoms with E-state index in [4.69, 9.17) is 0 Å². The monoisotopic (exact) mass is 264 g/mol. The molecule has 19 heavy (non-hydrogen) atoms. The maximum Gasteiger partial charge on any atom is 0.244 e. The zero-order chi connectivity index (χ0) is 14.0. The Morgan fingerprint density at radius 2 is 2.05 bits per heavy atom. The number of nitrogens with zero attached hydrogens (tertiary/aromatic N) is 1. The molecular weight excluding hydrogens is 243 g/mol. The summed E-state index contributed by atoms with van der Waals surface area (Å²) >= 11 is 0. The number of amides is 1. The number of carbonyl (C=O) groups excluding carboxylic acids is 1. The van der Waals surface area contributed by atoms with Gasteiger partial charge in [-0.2, -0.15) is 0 Å². The first-order chi connectivity index (χ1) is 9.03. The molecule has 0 saturated carbocycles. The predicted molar refractivity (Wildman–Crippen MR) is 73.0 cm³/mol. The molecule has 0 aromatic heterocycles. The summed E-state index contributed by atoms with van der Waals surface area (Å²) in [6.45, 7) is 6.52. The van der Waals surface area contributed by atoms with Crippen molar-refractivity contribution in [2.24, 2.45) is 0 Å². The third-order valence-electron chi connectivity index (χ3n) is 3.87. The second-order valence-electron chi connectivity index (χ2n) is 5.25. The quantitative estimate of drug-likeness (QED) is 0.907. The Kier molecular flexibility index (Phi) is 3.90. The Morgan fingerprint density at radius 3 is 2.63 bits per heavy atom. The molecule has 1 aliphatic heterocycles. The van der Waals surface area contributed by atoms with Crippen LogP contribution < -0.4 is 5.32 Å². The number of halogens is 1. The second kappa shape index (κ2) is 5.29. The van der Waals surface area contributed by atoms with Crippen LogP contribution in [0.25, 0.3) is 0 Å². The third-order valence-corrected chi connectivity index (χ3v) is 3.87. The van der Waals surface area contributed by atoms with Gasteiger partial charge in [0.2, 0.25) is 5.91 Å². The Balaban J connectivity index is 2.39. The minimum Gasteiger partial charge on any atom is -0.321 e. The van der Waals surface area contributed by atoms with E-state index in [-0.39, 0.29) is 17.9 Å². The molecule has 1 aromatic rings. The number of hydrogen-bond donors (Lipinski definition) is 1. The number of hydrogen-bond acceptors (Lipinski definition) is 2. The van der Waals surface area contributed by atoms with Crippen molar-refractivity contribution < 1.29 is 9.18 Å². The van der Waals surface area contributed by atoms with E-state index in [0.29, 0.717) is 18.5 Å². The third kappa shape index (κ3) is 2.37. The fraction of sp³-hybridized carbons (Fsp3) is 0.533. The van der Waals surface area contributed by atoms with Gasteiger partial charge >= 0.3 is 0 Å². The fourth-order valence-electron chi connectivity index (χ4n) is 2.54. The van der Waals surface area contributed by atoms with Crippen LogP contribution >= 0.6 is 0 Å². The van der Waals surface area contributed by atoms with E-state index in [1.165, 1.54) is 6.07 Å². The van der Waals surface area contributed by atoms with Crippen molar-refractivity contribution >= 4 is 5.91 Å². The van der Waals surface area contributed by atoms with E-state index in [0.717, 1.165) is 6.42 Å². The van der Waals surface area contributed by atoms with Crippen LogP contribution in [0, 0.1) is 5.82 Å². The van der Waals surface area contributed by atoms with Gasteiger partial charge in [-0.1, -0.05) is 32.0 Å². The number of benzene rings is 1. The van der Waals surface area contributed by atoms with Crippen molar-refractivity contribution in [2.75, 3.05) is 6.54 Å². The molecule has 0 aliphatic carbocycles. The van der Waals surface area contributed by atoms with E-state index in [1.807, 2.05) is 20.8 Å². The summed E-state index contributed by atoms with van der Waals surface area (Å²) in [5.74, 6) is -0.209. The van der Waals surface area contributed by atoms with Crippen molar-refractivity contribution in [2.45, 2.75) is 45.3 Å². The van der Waals surface area contributed by atoms with Gasteiger partial charge in [-0.25, -0.2) is 4.39 Å². The summed E-state index contributed by atoms with van der Waals surface area (Å²) in [5, 5.41) is 3.30. The van der Waals surface area contributed by atoms with Crippen LogP contribution in [0.3, 0.4) is 0 Å². The van der Waals surface area contributed by atoms with Crippen LogP contribution in [-0.4, -0.2) is 22.9 Å². The second-order valence-corrected chi connectivity index (χ2v) is 5.25. The summed E-state index contributed by atoms with van der Waals surface area (Å²) in [7, 11) is 0. The van der Waals surface area contributed by atoms with Gasteiger partial charge in [0, 0.05) is 12.1 Å². The van der Waals surface area contributed by atoms with Crippen molar-refractivity contribution in [3.63, 3.8) is 0 Å². The molecule has 104 valence electrons. The smallest absolute Gasteiger partial charge is 0.244 e. The molecule has 1 fully saturated rings. The minimum atomic E-state index is -0.595. The number of carbonyl (C=O) groups is 1. The average Bonchev–Trinajstić information content (AvgIpc) is 2.65. The van der Waals surface area contributed by atoms with Crippen molar-refractivity contribution in [1.82, 2.24) is 10.2 Å². The van der Waals surface area contributed by atoms with E-state index >= 15 is 0 Å². The molecule has 1 saturated heterocycles. The van der Waals surface area contributed by atoms with E-state index in [9.17, 15) is 9.18 Å². The van der Waals surface area contributed by atoms with Gasteiger partial charge in [0.05, 0.1) is 5.54 Å². The minimum absolute atomic E-state index is 0.0603. The van der Waals surface area contributed by atoms with E-state index in [1.54, 1.807) is 23.1 Å². The maximum absolute atomic E-state index is 14.0. The SMILES string of the molecule is CCCN1C(=O)C(C)(CC)NC1c1ccccc1F. The summed E-state index contributed by atoms with van der Waals surface area (Å²) in [6.07, 6.45) is 1.19. The summed E-state index contributed by atoms with van der Waals surface area (Å²) < 4.78 is 14.0. The molecule has 0 spiro atoms. The van der Waals surface area contributed by atoms with Crippen molar-refractivity contribution in [3.8, 4) is 0 Å². The molecule has 2 atom stereocenters. The molecule has 1 N–H and O–H groups in total. The Labute approximate surface area is 113 Å². The highest BCUT2D eigenvalue weighted by Crippen LogP contribution is 2.33. The molecular formula is C15H21FN2O. The highest BCUT2D eigenvalue weighted by Gasteiger charge is 2.47. The van der Waals surface area contributed by atoms with Crippen LogP contribution in [0.1, 0.15) is 45.3 Å². The Morgan fingerprint density at radius 1 is 1.37 bits per heavy atom. The lowest BCUT2D eigenvalue weighted by atomic mass is 9.99.